The van der Waals surface area contributed by atoms with Crippen LogP contribution in [-0.4, -0.2) is 46.2 Å². The van der Waals surface area contributed by atoms with Gasteiger partial charge in [-0.05, 0) is 19.1 Å². The number of imidazole rings is 1. The van der Waals surface area contributed by atoms with Crippen molar-refractivity contribution in [3.63, 3.8) is 0 Å². The van der Waals surface area contributed by atoms with Gasteiger partial charge in [0.05, 0.1) is 55.2 Å². The first-order chi connectivity index (χ1) is 17.4. The van der Waals surface area contributed by atoms with Gasteiger partial charge in [0.1, 0.15) is 23.1 Å². The van der Waals surface area contributed by atoms with E-state index in [1.807, 2.05) is 37.1 Å². The van der Waals surface area contributed by atoms with E-state index in [9.17, 15) is 0 Å². The Labute approximate surface area is 205 Å². The van der Waals surface area contributed by atoms with Crippen molar-refractivity contribution in [1.29, 1.82) is 0 Å². The summed E-state index contributed by atoms with van der Waals surface area (Å²) in [6, 6.07) is 5.83. The van der Waals surface area contributed by atoms with E-state index in [-0.39, 0.29) is 5.69 Å². The number of benzene rings is 1. The second-order valence-electron chi connectivity index (χ2n) is 8.46. The van der Waals surface area contributed by atoms with Gasteiger partial charge in [-0.1, -0.05) is 6.58 Å². The topological polar surface area (TPSA) is 92.3 Å². The zero-order chi connectivity index (χ0) is 25.1. The Morgan fingerprint density at radius 2 is 1.78 bits per heavy atom. The van der Waals surface area contributed by atoms with E-state index < -0.39 is 5.82 Å². The molecule has 6 rings (SSSR count). The van der Waals surface area contributed by atoms with Gasteiger partial charge in [-0.25, -0.2) is 14.4 Å². The fourth-order valence-electron chi connectivity index (χ4n) is 4.67. The number of aryl methyl sites for hydroxylation is 1. The molecule has 0 aliphatic carbocycles. The van der Waals surface area contributed by atoms with Crippen LogP contribution in [0.4, 0.5) is 21.5 Å². The first-order valence-corrected chi connectivity index (χ1v) is 11.1. The summed E-state index contributed by atoms with van der Waals surface area (Å²) in [6.45, 7) is 6.10. The number of hydrogen-bond donors (Lipinski definition) is 1. The first-order valence-electron chi connectivity index (χ1n) is 11.1. The molecule has 9 nitrogen and oxygen atoms in total. The molecule has 5 heterocycles. The summed E-state index contributed by atoms with van der Waals surface area (Å²) in [4.78, 5) is 24.3. The highest BCUT2D eigenvalue weighted by Crippen LogP contribution is 2.52. The molecule has 0 saturated heterocycles. The number of H-pyrrole nitrogens is 1. The molecular formula is C26H22FN7O2. The Balaban J connectivity index is 1.64. The van der Waals surface area contributed by atoms with Crippen LogP contribution in [0.15, 0.2) is 55.4 Å². The van der Waals surface area contributed by atoms with Gasteiger partial charge in [-0.3, -0.25) is 14.9 Å². The van der Waals surface area contributed by atoms with Crippen molar-refractivity contribution in [3.05, 3.63) is 67.0 Å². The average molecular weight is 484 g/mol. The summed E-state index contributed by atoms with van der Waals surface area (Å²) in [7, 11) is 4.96. The van der Waals surface area contributed by atoms with Crippen LogP contribution in [0, 0.1) is 12.7 Å². The highest BCUT2D eigenvalue weighted by molar-refractivity contribution is 6.07. The van der Waals surface area contributed by atoms with Crippen molar-refractivity contribution in [2.24, 2.45) is 0 Å². The summed E-state index contributed by atoms with van der Waals surface area (Å²) < 4.78 is 26.4. The minimum absolute atomic E-state index is 0.226. The molecule has 4 aromatic heterocycles. The lowest BCUT2D eigenvalue weighted by Gasteiger charge is -2.24. The molecule has 1 aliphatic heterocycles. The maximum absolute atomic E-state index is 15.2. The number of rotatable bonds is 4. The number of aromatic amines is 1. The Bertz CT molecular complexity index is 1700. The summed E-state index contributed by atoms with van der Waals surface area (Å²) in [5.41, 5.74) is 5.53. The van der Waals surface area contributed by atoms with Crippen molar-refractivity contribution in [3.8, 4) is 22.6 Å². The van der Waals surface area contributed by atoms with Crippen LogP contribution in [0.5, 0.6) is 11.5 Å². The predicted octanol–water partition coefficient (Wildman–Crippen LogP) is 5.09. The van der Waals surface area contributed by atoms with Crippen LogP contribution in [-0.2, 0) is 0 Å². The lowest BCUT2D eigenvalue weighted by molar-refractivity contribution is 0.410. The van der Waals surface area contributed by atoms with Crippen molar-refractivity contribution in [2.45, 2.75) is 6.92 Å². The number of nitrogens with zero attached hydrogens (tertiary/aromatic N) is 6. The zero-order valence-electron chi connectivity index (χ0n) is 20.1. The van der Waals surface area contributed by atoms with Crippen LogP contribution >= 0.6 is 0 Å². The second kappa shape index (κ2) is 7.91. The van der Waals surface area contributed by atoms with Gasteiger partial charge >= 0.3 is 0 Å². The molecule has 5 aromatic rings. The zero-order valence-corrected chi connectivity index (χ0v) is 20.1. The molecule has 0 unspecified atom stereocenters. The third kappa shape index (κ3) is 3.07. The molecule has 1 aliphatic rings. The molecule has 0 atom stereocenters. The standard InChI is InChI=1S/C26H22FN7O2/c1-13-31-20-6-15(9-30-26(20)32-13)16-7-17-19(8-22(16)35-4)29-11-21-24(17)34(14(2)33(21)3)25-18(27)10-28-12-23(25)36-5/h6-12H,2H2,1,3-5H3,(H,30,31,32). The SMILES string of the molecule is C=C1N(C)c2cnc3cc(OC)c(-c4cnc5nc(C)[nH]c5c4)cc3c2N1c1c(F)cncc1OC. The lowest BCUT2D eigenvalue weighted by Crippen LogP contribution is -2.22. The number of pyridine rings is 3. The van der Waals surface area contributed by atoms with Crippen LogP contribution in [0.25, 0.3) is 33.2 Å². The van der Waals surface area contributed by atoms with Gasteiger partial charge < -0.3 is 19.4 Å². The highest BCUT2D eigenvalue weighted by atomic mass is 19.1. The molecule has 0 amide bonds. The molecule has 180 valence electrons. The number of halogens is 1. The minimum Gasteiger partial charge on any atom is -0.496 e. The van der Waals surface area contributed by atoms with Crippen LogP contribution < -0.4 is 19.3 Å². The molecule has 10 heteroatoms. The van der Waals surface area contributed by atoms with E-state index in [2.05, 4.69) is 31.5 Å². The quantitative estimate of drug-likeness (QED) is 0.378. The van der Waals surface area contributed by atoms with Gasteiger partial charge in [-0.2, -0.15) is 0 Å². The van der Waals surface area contributed by atoms with E-state index in [1.54, 1.807) is 24.4 Å². The molecule has 0 radical (unpaired) electrons. The van der Waals surface area contributed by atoms with Gasteiger partial charge in [0.2, 0.25) is 0 Å². The highest BCUT2D eigenvalue weighted by Gasteiger charge is 2.35. The number of ether oxygens (including phenoxy) is 2. The molecule has 1 N–H and O–H groups in total. The molecule has 36 heavy (non-hydrogen) atoms. The number of hydrogen-bond acceptors (Lipinski definition) is 8. The number of anilines is 3. The third-order valence-corrected chi connectivity index (χ3v) is 6.42. The van der Waals surface area contributed by atoms with E-state index >= 15 is 4.39 Å². The van der Waals surface area contributed by atoms with Gasteiger partial charge in [0.25, 0.3) is 0 Å². The van der Waals surface area contributed by atoms with E-state index in [4.69, 9.17) is 9.47 Å². The molecule has 0 bridgehead atoms. The Morgan fingerprint density at radius 1 is 0.972 bits per heavy atom. The van der Waals surface area contributed by atoms with Gasteiger partial charge in [-0.15, -0.1) is 0 Å². The van der Waals surface area contributed by atoms with Crippen molar-refractivity contribution in [2.75, 3.05) is 31.1 Å². The van der Waals surface area contributed by atoms with Gasteiger partial charge in [0, 0.05) is 35.8 Å². The number of fused-ring (bicyclic) bond motifs is 4. The van der Waals surface area contributed by atoms with Crippen LogP contribution in [0.2, 0.25) is 0 Å². The van der Waals surface area contributed by atoms with E-state index in [0.29, 0.717) is 28.5 Å². The van der Waals surface area contributed by atoms with Crippen molar-refractivity contribution >= 4 is 39.1 Å². The summed E-state index contributed by atoms with van der Waals surface area (Å²) in [6.07, 6.45) is 6.15. The van der Waals surface area contributed by atoms with Crippen molar-refractivity contribution < 1.29 is 13.9 Å². The molecular weight excluding hydrogens is 461 g/mol. The first kappa shape index (κ1) is 21.8. The molecule has 0 spiro atoms. The fourth-order valence-corrected chi connectivity index (χ4v) is 4.67. The lowest BCUT2D eigenvalue weighted by atomic mass is 10.0. The monoisotopic (exact) mass is 483 g/mol. The van der Waals surface area contributed by atoms with E-state index in [0.717, 1.165) is 45.4 Å². The van der Waals surface area contributed by atoms with Crippen LogP contribution in [0.3, 0.4) is 0 Å². The maximum Gasteiger partial charge on any atom is 0.177 e. The van der Waals surface area contributed by atoms with Crippen LogP contribution in [0.1, 0.15) is 5.82 Å². The third-order valence-electron chi connectivity index (χ3n) is 6.42. The number of methoxy groups -OCH3 is 2. The molecule has 0 saturated carbocycles. The normalized spacial score (nSPS) is 13.1. The Morgan fingerprint density at radius 3 is 2.56 bits per heavy atom. The number of aromatic nitrogens is 5. The van der Waals surface area contributed by atoms with Crippen molar-refractivity contribution in [1.82, 2.24) is 24.9 Å². The second-order valence-corrected chi connectivity index (χ2v) is 8.46. The average Bonchev–Trinajstić information content (AvgIpc) is 3.38. The van der Waals surface area contributed by atoms with Gasteiger partial charge in [0.15, 0.2) is 17.2 Å². The molecule has 1 aromatic carbocycles. The maximum atomic E-state index is 15.2. The summed E-state index contributed by atoms with van der Waals surface area (Å²) in [5.74, 6) is 1.74. The Kier molecular flexibility index (Phi) is 4.78. The smallest absolute Gasteiger partial charge is 0.177 e. The fraction of sp³-hybridized carbons (Fsp3) is 0.154. The molecule has 0 fully saturated rings. The minimum atomic E-state index is -0.528. The summed E-state index contributed by atoms with van der Waals surface area (Å²) in [5, 5.41) is 0.785. The predicted molar refractivity (Wildman–Crippen MR) is 136 cm³/mol. The largest absolute Gasteiger partial charge is 0.496 e. The number of nitrogens with one attached hydrogen (secondary N) is 1. The Hall–Kier alpha value is -4.73. The summed E-state index contributed by atoms with van der Waals surface area (Å²) >= 11 is 0. The van der Waals surface area contributed by atoms with E-state index in [1.165, 1.54) is 13.3 Å².